The molecular formula is C21H31NO8. The van der Waals surface area contributed by atoms with Gasteiger partial charge in [-0.05, 0) is 37.0 Å². The molecule has 9 heteroatoms. The summed E-state index contributed by atoms with van der Waals surface area (Å²) in [6.07, 6.45) is -1.28. The zero-order chi connectivity index (χ0) is 21.9. The number of hydrogen-bond donors (Lipinski definition) is 3. The molecule has 0 aromatic rings. The lowest BCUT2D eigenvalue weighted by Gasteiger charge is -2.72. The standard InChI is InChI=1S/C21H31NO8/c1-18(2)8-7-12(23)19-9-29-21(27)15(13(18)19)30-17(26)20(21)11(19)6-5-10(14(20)24)16(25)22(3)28-4/h10-15,23-24,27H,5-9H2,1-4H3/t10-,11+,12+,13-,14-,15+,19-,20-,21+/m1/s1. The van der Waals surface area contributed by atoms with Crippen molar-refractivity contribution in [3.05, 3.63) is 0 Å². The van der Waals surface area contributed by atoms with E-state index in [1.54, 1.807) is 0 Å². The Morgan fingerprint density at radius 3 is 2.60 bits per heavy atom. The van der Waals surface area contributed by atoms with Crippen molar-refractivity contribution in [2.75, 3.05) is 20.8 Å². The largest absolute Gasteiger partial charge is 0.456 e. The van der Waals surface area contributed by atoms with Crippen molar-refractivity contribution in [1.29, 1.82) is 0 Å². The number of aliphatic hydroxyl groups excluding tert-OH is 2. The number of carbonyl (C=O) groups excluding carboxylic acids is 2. The molecule has 0 unspecified atom stereocenters. The van der Waals surface area contributed by atoms with Gasteiger partial charge in [0.05, 0.1) is 31.8 Å². The Hall–Kier alpha value is -1.26. The van der Waals surface area contributed by atoms with Crippen LogP contribution in [0.25, 0.3) is 0 Å². The summed E-state index contributed by atoms with van der Waals surface area (Å²) >= 11 is 0. The van der Waals surface area contributed by atoms with Gasteiger partial charge < -0.3 is 24.8 Å². The predicted octanol–water partition coefficient (Wildman–Crippen LogP) is -0.179. The van der Waals surface area contributed by atoms with Gasteiger partial charge in [-0.25, -0.2) is 5.06 Å². The smallest absolute Gasteiger partial charge is 0.321 e. The van der Waals surface area contributed by atoms with Crippen molar-refractivity contribution in [2.24, 2.45) is 34.0 Å². The summed E-state index contributed by atoms with van der Waals surface area (Å²) in [7, 11) is 2.78. The normalized spacial score (nSPS) is 53.0. The highest BCUT2D eigenvalue weighted by molar-refractivity contribution is 5.87. The van der Waals surface area contributed by atoms with Crippen LogP contribution < -0.4 is 0 Å². The van der Waals surface area contributed by atoms with Gasteiger partial charge in [-0.15, -0.1) is 0 Å². The highest BCUT2D eigenvalue weighted by atomic mass is 16.7. The first-order valence-corrected chi connectivity index (χ1v) is 10.8. The molecule has 1 amide bonds. The predicted molar refractivity (Wildman–Crippen MR) is 100 cm³/mol. The minimum atomic E-state index is -2.04. The zero-order valence-corrected chi connectivity index (χ0v) is 17.8. The van der Waals surface area contributed by atoms with Gasteiger partial charge in [-0.1, -0.05) is 13.8 Å². The molecule has 3 aliphatic carbocycles. The third-order valence-corrected chi connectivity index (χ3v) is 9.21. The monoisotopic (exact) mass is 425 g/mol. The van der Waals surface area contributed by atoms with Crippen LogP contribution in [0.15, 0.2) is 0 Å². The van der Waals surface area contributed by atoms with Crippen molar-refractivity contribution in [1.82, 2.24) is 5.06 Å². The summed E-state index contributed by atoms with van der Waals surface area (Å²) < 4.78 is 11.7. The van der Waals surface area contributed by atoms with E-state index in [2.05, 4.69) is 13.8 Å². The topological polar surface area (TPSA) is 126 Å². The number of fused-ring (bicyclic) bond motifs is 1. The lowest BCUT2D eigenvalue weighted by Crippen LogP contribution is -2.83. The molecule has 6 rings (SSSR count). The minimum absolute atomic E-state index is 0.0988. The number of esters is 1. The quantitative estimate of drug-likeness (QED) is 0.411. The van der Waals surface area contributed by atoms with Gasteiger partial charge in [-0.3, -0.25) is 14.4 Å². The average Bonchev–Trinajstić information content (AvgIpc) is 2.87. The van der Waals surface area contributed by atoms with Crippen LogP contribution in [0.2, 0.25) is 0 Å². The average molecular weight is 425 g/mol. The van der Waals surface area contributed by atoms with Crippen LogP contribution in [0, 0.1) is 34.0 Å². The molecule has 0 radical (unpaired) electrons. The minimum Gasteiger partial charge on any atom is -0.456 e. The lowest BCUT2D eigenvalue weighted by molar-refractivity contribution is -0.436. The SMILES string of the molecule is CON(C)C(=O)[C@@H]1CC[C@H]2[C@@]34CO[C@@]5(O)[C@@H](OC(=O)[C@]25[C@@H]1O)[C@@H]3C(C)(C)CC[C@@H]4O. The Labute approximate surface area is 175 Å². The number of ether oxygens (including phenoxy) is 2. The summed E-state index contributed by atoms with van der Waals surface area (Å²) in [5.74, 6) is -5.06. The maximum Gasteiger partial charge on any atom is 0.321 e. The molecule has 9 nitrogen and oxygen atoms in total. The maximum absolute atomic E-state index is 13.4. The van der Waals surface area contributed by atoms with Gasteiger partial charge in [0, 0.05) is 18.4 Å². The van der Waals surface area contributed by atoms with Crippen LogP contribution >= 0.6 is 0 Å². The molecule has 3 saturated heterocycles. The van der Waals surface area contributed by atoms with Crippen molar-refractivity contribution in [3.63, 3.8) is 0 Å². The van der Waals surface area contributed by atoms with E-state index in [-0.39, 0.29) is 17.9 Å². The lowest BCUT2D eigenvalue weighted by atomic mass is 9.35. The summed E-state index contributed by atoms with van der Waals surface area (Å²) in [5.41, 5.74) is -2.94. The summed E-state index contributed by atoms with van der Waals surface area (Å²) in [5, 5.41) is 35.6. The Morgan fingerprint density at radius 1 is 1.23 bits per heavy atom. The van der Waals surface area contributed by atoms with Crippen LogP contribution in [0.5, 0.6) is 0 Å². The molecule has 3 saturated carbocycles. The van der Waals surface area contributed by atoms with E-state index >= 15 is 0 Å². The number of rotatable bonds is 2. The summed E-state index contributed by atoms with van der Waals surface area (Å²) in [6.45, 7) is 4.24. The van der Waals surface area contributed by atoms with E-state index in [0.29, 0.717) is 19.3 Å². The molecule has 30 heavy (non-hydrogen) atoms. The summed E-state index contributed by atoms with van der Waals surface area (Å²) in [4.78, 5) is 31.3. The molecule has 6 fully saturated rings. The van der Waals surface area contributed by atoms with E-state index in [0.717, 1.165) is 11.5 Å². The first-order valence-electron chi connectivity index (χ1n) is 10.8. The van der Waals surface area contributed by atoms with Gasteiger partial charge in [-0.2, -0.15) is 0 Å². The van der Waals surface area contributed by atoms with Crippen LogP contribution in [0.1, 0.15) is 39.5 Å². The van der Waals surface area contributed by atoms with E-state index < -0.39 is 58.6 Å². The Kier molecular flexibility index (Phi) is 4.09. The maximum atomic E-state index is 13.4. The third kappa shape index (κ3) is 1.93. The second-order valence-corrected chi connectivity index (χ2v) is 10.5. The van der Waals surface area contributed by atoms with E-state index in [4.69, 9.17) is 14.3 Å². The fourth-order valence-electron chi connectivity index (χ4n) is 7.95. The van der Waals surface area contributed by atoms with Gasteiger partial charge in [0.15, 0.2) is 11.5 Å². The van der Waals surface area contributed by atoms with Gasteiger partial charge in [0.25, 0.3) is 5.91 Å². The molecule has 4 bridgehead atoms. The number of aliphatic hydroxyl groups is 3. The Bertz CT molecular complexity index is 802. The van der Waals surface area contributed by atoms with E-state index in [1.807, 2.05) is 0 Å². The van der Waals surface area contributed by atoms with Crippen molar-refractivity contribution < 1.29 is 39.2 Å². The second-order valence-electron chi connectivity index (χ2n) is 10.5. The van der Waals surface area contributed by atoms with Crippen molar-refractivity contribution in [2.45, 2.75) is 63.6 Å². The number of hydroxylamine groups is 2. The van der Waals surface area contributed by atoms with Crippen molar-refractivity contribution >= 4 is 11.9 Å². The van der Waals surface area contributed by atoms with Crippen molar-refractivity contribution in [3.8, 4) is 0 Å². The van der Waals surface area contributed by atoms with Crippen LogP contribution in [-0.2, 0) is 23.9 Å². The molecule has 2 spiro atoms. The third-order valence-electron chi connectivity index (χ3n) is 9.21. The zero-order valence-electron chi connectivity index (χ0n) is 17.8. The molecule has 0 aromatic heterocycles. The molecule has 3 N–H and O–H groups in total. The Balaban J connectivity index is 1.69. The molecule has 168 valence electrons. The fraction of sp³-hybridized carbons (Fsp3) is 0.905. The number of amides is 1. The number of carbonyl (C=O) groups is 2. The molecule has 3 aliphatic heterocycles. The Morgan fingerprint density at radius 2 is 1.93 bits per heavy atom. The molecular weight excluding hydrogens is 394 g/mol. The number of nitrogens with zero attached hydrogens (tertiary/aromatic N) is 1. The first-order chi connectivity index (χ1) is 14.0. The number of hydrogen-bond acceptors (Lipinski definition) is 8. The van der Waals surface area contributed by atoms with Crippen LogP contribution in [0.3, 0.4) is 0 Å². The van der Waals surface area contributed by atoms with Crippen LogP contribution in [-0.4, -0.2) is 77.1 Å². The van der Waals surface area contributed by atoms with Gasteiger partial charge >= 0.3 is 5.97 Å². The molecule has 0 aromatic carbocycles. The molecule has 9 atom stereocenters. The molecule has 6 aliphatic rings. The highest BCUT2D eigenvalue weighted by Gasteiger charge is 2.90. The fourth-order valence-corrected chi connectivity index (χ4v) is 7.95. The molecule has 3 heterocycles. The van der Waals surface area contributed by atoms with Crippen LogP contribution in [0.4, 0.5) is 0 Å². The van der Waals surface area contributed by atoms with Gasteiger partial charge in [0.1, 0.15) is 0 Å². The van der Waals surface area contributed by atoms with Gasteiger partial charge in [0.2, 0.25) is 5.79 Å². The first kappa shape index (κ1) is 20.6. The van der Waals surface area contributed by atoms with E-state index in [9.17, 15) is 24.9 Å². The highest BCUT2D eigenvalue weighted by Crippen LogP contribution is 2.76. The van der Waals surface area contributed by atoms with E-state index in [1.165, 1.54) is 14.2 Å². The second kappa shape index (κ2) is 5.95. The summed E-state index contributed by atoms with van der Waals surface area (Å²) in [6, 6.07) is 0.